The van der Waals surface area contributed by atoms with Crippen LogP contribution in [0, 0.1) is 13.8 Å². The highest BCUT2D eigenvalue weighted by molar-refractivity contribution is 6.52. The van der Waals surface area contributed by atoms with Gasteiger partial charge in [-0.05, 0) is 50.1 Å². The van der Waals surface area contributed by atoms with Gasteiger partial charge in [-0.2, -0.15) is 0 Å². The minimum atomic E-state index is -0.445. The third-order valence-electron chi connectivity index (χ3n) is 6.46. The molecule has 33 heavy (non-hydrogen) atoms. The first-order chi connectivity index (χ1) is 16.0. The maximum atomic E-state index is 12.6. The van der Waals surface area contributed by atoms with Crippen LogP contribution in [0.4, 0.5) is 5.69 Å². The number of nitrogens with zero attached hydrogens (tertiary/aromatic N) is 4. The maximum Gasteiger partial charge on any atom is 0.299 e. The molecule has 0 spiro atoms. The van der Waals surface area contributed by atoms with E-state index in [0.29, 0.717) is 30.8 Å². The summed E-state index contributed by atoms with van der Waals surface area (Å²) >= 11 is 0. The standard InChI is InChI=1S/C27H22N4O2/c1-16-11-12-22-19(15-16)25(32)27(33)30(22)13-6-14-31-24-17(2)7-5-8-18(24)23-26(31)29-21-10-4-3-9-20(21)28-23/h3-5,7-12,15H,6,13-14H2,1-2H3. The zero-order chi connectivity index (χ0) is 22.7. The lowest BCUT2D eigenvalue weighted by molar-refractivity contribution is -0.114. The lowest BCUT2D eigenvalue weighted by Crippen LogP contribution is -2.31. The number of anilines is 1. The number of para-hydroxylation sites is 3. The van der Waals surface area contributed by atoms with Gasteiger partial charge in [-0.1, -0.05) is 42.0 Å². The normalized spacial score (nSPS) is 13.6. The third kappa shape index (κ3) is 2.94. The Morgan fingerprint density at radius 2 is 1.64 bits per heavy atom. The number of benzene rings is 3. The smallest absolute Gasteiger partial charge is 0.299 e. The Morgan fingerprint density at radius 1 is 0.848 bits per heavy atom. The number of ketones is 1. The molecule has 2 aromatic heterocycles. The molecule has 6 nitrogen and oxygen atoms in total. The van der Waals surface area contributed by atoms with E-state index in [1.807, 2.05) is 49.4 Å². The molecule has 1 aliphatic rings. The lowest BCUT2D eigenvalue weighted by Gasteiger charge is -2.17. The van der Waals surface area contributed by atoms with Gasteiger partial charge in [0.15, 0.2) is 5.65 Å². The molecule has 0 N–H and O–H groups in total. The molecule has 0 unspecified atom stereocenters. The second-order valence-electron chi connectivity index (χ2n) is 8.67. The second kappa shape index (κ2) is 7.24. The van der Waals surface area contributed by atoms with E-state index >= 15 is 0 Å². The van der Waals surface area contributed by atoms with Crippen LogP contribution < -0.4 is 4.90 Å². The number of carbonyl (C=O) groups excluding carboxylic acids is 2. The molecular formula is C27H22N4O2. The van der Waals surface area contributed by atoms with Crippen LogP contribution >= 0.6 is 0 Å². The summed E-state index contributed by atoms with van der Waals surface area (Å²) in [5.74, 6) is -0.862. The first-order valence-corrected chi connectivity index (χ1v) is 11.1. The van der Waals surface area contributed by atoms with E-state index < -0.39 is 11.7 Å². The largest absolute Gasteiger partial charge is 0.324 e. The molecule has 0 atom stereocenters. The Labute approximate surface area is 190 Å². The van der Waals surface area contributed by atoms with Gasteiger partial charge in [-0.25, -0.2) is 9.97 Å². The van der Waals surface area contributed by atoms with Crippen LogP contribution in [0.25, 0.3) is 33.1 Å². The van der Waals surface area contributed by atoms with E-state index in [1.54, 1.807) is 11.0 Å². The van der Waals surface area contributed by atoms with Gasteiger partial charge >= 0.3 is 0 Å². The summed E-state index contributed by atoms with van der Waals surface area (Å²) in [7, 11) is 0. The highest BCUT2D eigenvalue weighted by atomic mass is 16.2. The molecule has 1 aliphatic heterocycles. The SMILES string of the molecule is Cc1ccc2c(c1)C(=O)C(=O)N2CCCn1c2nc3ccccc3nc2c2cccc(C)c21. The quantitative estimate of drug-likeness (QED) is 0.374. The molecule has 0 bridgehead atoms. The Hall–Kier alpha value is -4.06. The van der Waals surface area contributed by atoms with Gasteiger partial charge < -0.3 is 9.47 Å². The number of fused-ring (bicyclic) bond motifs is 5. The average Bonchev–Trinajstić information content (AvgIpc) is 3.25. The van der Waals surface area contributed by atoms with Crippen molar-refractivity contribution >= 4 is 50.5 Å². The van der Waals surface area contributed by atoms with Crippen LogP contribution in [0.5, 0.6) is 0 Å². The van der Waals surface area contributed by atoms with Crippen molar-refractivity contribution in [2.24, 2.45) is 0 Å². The molecule has 0 saturated carbocycles. The van der Waals surface area contributed by atoms with Gasteiger partial charge in [0.2, 0.25) is 0 Å². The molecule has 1 amide bonds. The Morgan fingerprint density at radius 3 is 2.45 bits per heavy atom. The van der Waals surface area contributed by atoms with Crippen LogP contribution in [0.3, 0.4) is 0 Å². The summed E-state index contributed by atoms with van der Waals surface area (Å²) in [4.78, 5) is 36.6. The molecule has 0 saturated heterocycles. The number of hydrogen-bond donors (Lipinski definition) is 0. The van der Waals surface area contributed by atoms with E-state index in [0.717, 1.165) is 44.2 Å². The van der Waals surface area contributed by atoms with E-state index in [9.17, 15) is 9.59 Å². The molecule has 5 aromatic rings. The number of carbonyl (C=O) groups is 2. The lowest BCUT2D eigenvalue weighted by atomic mass is 10.1. The van der Waals surface area contributed by atoms with Gasteiger partial charge in [0.05, 0.1) is 27.8 Å². The fourth-order valence-corrected chi connectivity index (χ4v) is 4.91. The summed E-state index contributed by atoms with van der Waals surface area (Å²) in [6.07, 6.45) is 0.689. The molecule has 3 aromatic carbocycles. The topological polar surface area (TPSA) is 68.1 Å². The molecule has 6 rings (SSSR count). The average molecular weight is 434 g/mol. The first kappa shape index (κ1) is 19.6. The molecule has 162 valence electrons. The van der Waals surface area contributed by atoms with Crippen LogP contribution in [-0.2, 0) is 11.3 Å². The summed E-state index contributed by atoms with van der Waals surface area (Å²) in [6, 6.07) is 19.7. The second-order valence-corrected chi connectivity index (χ2v) is 8.67. The molecular weight excluding hydrogens is 412 g/mol. The van der Waals surface area contributed by atoms with Gasteiger partial charge in [-0.15, -0.1) is 0 Å². The monoisotopic (exact) mass is 434 g/mol. The van der Waals surface area contributed by atoms with Crippen molar-refractivity contribution < 1.29 is 9.59 Å². The van der Waals surface area contributed by atoms with E-state index in [2.05, 4.69) is 23.6 Å². The molecule has 3 heterocycles. The van der Waals surface area contributed by atoms with Crippen LogP contribution in [0.1, 0.15) is 27.9 Å². The predicted octanol–water partition coefficient (Wildman–Crippen LogP) is 4.97. The number of Topliss-reactive ketones (excluding diaryl/α,β-unsaturated/α-hetero) is 1. The van der Waals surface area contributed by atoms with Crippen molar-refractivity contribution in [2.75, 3.05) is 11.4 Å². The van der Waals surface area contributed by atoms with Crippen LogP contribution in [-0.4, -0.2) is 32.8 Å². The number of amides is 1. The van der Waals surface area contributed by atoms with Crippen molar-refractivity contribution in [3.05, 3.63) is 77.4 Å². The highest BCUT2D eigenvalue weighted by Gasteiger charge is 2.35. The summed E-state index contributed by atoms with van der Waals surface area (Å²) in [5.41, 5.74) is 7.92. The zero-order valence-corrected chi connectivity index (χ0v) is 18.5. The molecule has 6 heteroatoms. The number of aromatic nitrogens is 3. The van der Waals surface area contributed by atoms with Crippen molar-refractivity contribution in [1.29, 1.82) is 0 Å². The van der Waals surface area contributed by atoms with Crippen LogP contribution in [0.2, 0.25) is 0 Å². The van der Waals surface area contributed by atoms with Crippen molar-refractivity contribution in [1.82, 2.24) is 14.5 Å². The fraction of sp³-hybridized carbons (Fsp3) is 0.185. The van der Waals surface area contributed by atoms with Gasteiger partial charge in [-0.3, -0.25) is 9.59 Å². The first-order valence-electron chi connectivity index (χ1n) is 11.1. The van der Waals surface area contributed by atoms with Crippen LogP contribution in [0.15, 0.2) is 60.7 Å². The predicted molar refractivity (Wildman–Crippen MR) is 130 cm³/mol. The van der Waals surface area contributed by atoms with Crippen molar-refractivity contribution in [3.63, 3.8) is 0 Å². The van der Waals surface area contributed by atoms with E-state index in [1.165, 1.54) is 0 Å². The molecule has 0 aliphatic carbocycles. The highest BCUT2D eigenvalue weighted by Crippen LogP contribution is 2.32. The molecule has 0 radical (unpaired) electrons. The Balaban J connectivity index is 1.39. The zero-order valence-electron chi connectivity index (χ0n) is 18.5. The third-order valence-corrected chi connectivity index (χ3v) is 6.46. The van der Waals surface area contributed by atoms with E-state index in [-0.39, 0.29) is 0 Å². The van der Waals surface area contributed by atoms with Gasteiger partial charge in [0.1, 0.15) is 5.52 Å². The summed E-state index contributed by atoms with van der Waals surface area (Å²) in [6.45, 7) is 5.15. The van der Waals surface area contributed by atoms with E-state index in [4.69, 9.17) is 9.97 Å². The fourth-order valence-electron chi connectivity index (χ4n) is 4.91. The Kier molecular flexibility index (Phi) is 4.30. The van der Waals surface area contributed by atoms with Crippen molar-refractivity contribution in [3.8, 4) is 0 Å². The van der Waals surface area contributed by atoms with Gasteiger partial charge in [0.25, 0.3) is 11.7 Å². The van der Waals surface area contributed by atoms with Gasteiger partial charge in [0, 0.05) is 18.5 Å². The summed E-state index contributed by atoms with van der Waals surface area (Å²) < 4.78 is 2.21. The summed E-state index contributed by atoms with van der Waals surface area (Å²) in [5, 5.41) is 1.08. The Bertz CT molecular complexity index is 1620. The number of rotatable bonds is 4. The molecule has 0 fully saturated rings. The van der Waals surface area contributed by atoms with Crippen molar-refractivity contribution in [2.45, 2.75) is 26.8 Å². The minimum Gasteiger partial charge on any atom is -0.324 e. The number of aryl methyl sites for hydroxylation is 3. The minimum absolute atomic E-state index is 0.418. The number of hydrogen-bond acceptors (Lipinski definition) is 4. The maximum absolute atomic E-state index is 12.6.